The van der Waals surface area contributed by atoms with Crippen molar-refractivity contribution in [1.29, 1.82) is 0 Å². The topological polar surface area (TPSA) is 0 Å². The summed E-state index contributed by atoms with van der Waals surface area (Å²) in [5.74, 6) is -0.151. The first kappa shape index (κ1) is 9.62. The zero-order valence-corrected chi connectivity index (χ0v) is 10.5. The zero-order chi connectivity index (χ0) is 9.42. The predicted molar refractivity (Wildman–Crippen MR) is 62.1 cm³/mol. The lowest BCUT2D eigenvalue weighted by Crippen LogP contribution is -1.77. The monoisotopic (exact) mass is 322 g/mol. The highest BCUT2D eigenvalue weighted by Gasteiger charge is 2.08. The van der Waals surface area contributed by atoms with Crippen molar-refractivity contribution in [2.24, 2.45) is 0 Å². The Morgan fingerprint density at radius 3 is 2.85 bits per heavy atom. The van der Waals surface area contributed by atoms with Crippen LogP contribution in [0.3, 0.4) is 0 Å². The van der Waals surface area contributed by atoms with Crippen LogP contribution in [0.2, 0.25) is 0 Å². The second-order valence-electron chi connectivity index (χ2n) is 2.66. The van der Waals surface area contributed by atoms with Crippen LogP contribution in [0.5, 0.6) is 0 Å². The summed E-state index contributed by atoms with van der Waals surface area (Å²) in [6.07, 6.45) is 0. The second kappa shape index (κ2) is 3.67. The quantitative estimate of drug-likeness (QED) is 0.667. The summed E-state index contributed by atoms with van der Waals surface area (Å²) < 4.78 is 14.9. The fourth-order valence-corrected chi connectivity index (χ4v) is 3.28. The van der Waals surface area contributed by atoms with Crippen molar-refractivity contribution in [2.45, 2.75) is 5.33 Å². The van der Waals surface area contributed by atoms with E-state index in [4.69, 9.17) is 0 Å². The van der Waals surface area contributed by atoms with Gasteiger partial charge in [-0.25, -0.2) is 4.39 Å². The molecular formula is C9H5Br2FS. The maximum Gasteiger partial charge on any atom is 0.142 e. The van der Waals surface area contributed by atoms with E-state index in [-0.39, 0.29) is 5.82 Å². The number of fused-ring (bicyclic) bond motifs is 1. The third-order valence-electron chi connectivity index (χ3n) is 1.82. The molecule has 4 heteroatoms. The van der Waals surface area contributed by atoms with Crippen molar-refractivity contribution in [3.05, 3.63) is 33.4 Å². The van der Waals surface area contributed by atoms with Gasteiger partial charge < -0.3 is 0 Å². The Hall–Kier alpha value is 0.0700. The van der Waals surface area contributed by atoms with Crippen molar-refractivity contribution in [3.63, 3.8) is 0 Å². The van der Waals surface area contributed by atoms with Crippen LogP contribution in [0, 0.1) is 5.82 Å². The molecule has 0 nitrogen and oxygen atoms in total. The van der Waals surface area contributed by atoms with E-state index in [9.17, 15) is 4.39 Å². The molecule has 1 aromatic carbocycles. The Morgan fingerprint density at radius 1 is 1.38 bits per heavy atom. The van der Waals surface area contributed by atoms with Crippen molar-refractivity contribution in [3.8, 4) is 0 Å². The molecular weight excluding hydrogens is 319 g/mol. The lowest BCUT2D eigenvalue weighted by atomic mass is 10.2. The van der Waals surface area contributed by atoms with Gasteiger partial charge in [0.25, 0.3) is 0 Å². The highest BCUT2D eigenvalue weighted by Crippen LogP contribution is 2.32. The Morgan fingerprint density at radius 2 is 2.15 bits per heavy atom. The molecule has 0 bridgehead atoms. The van der Waals surface area contributed by atoms with Gasteiger partial charge >= 0.3 is 0 Å². The van der Waals surface area contributed by atoms with E-state index in [1.165, 1.54) is 17.4 Å². The third kappa shape index (κ3) is 1.67. The highest BCUT2D eigenvalue weighted by molar-refractivity contribution is 9.10. The molecule has 0 unspecified atom stereocenters. The first-order valence-electron chi connectivity index (χ1n) is 3.63. The number of alkyl halides is 1. The van der Waals surface area contributed by atoms with Crippen LogP contribution in [0.4, 0.5) is 4.39 Å². The second-order valence-corrected chi connectivity index (χ2v) is 5.01. The average molecular weight is 324 g/mol. The van der Waals surface area contributed by atoms with Gasteiger partial charge in [0.05, 0.1) is 4.70 Å². The molecule has 0 spiro atoms. The SMILES string of the molecule is Fc1cc(Br)cc2c(CBr)csc12. The van der Waals surface area contributed by atoms with E-state index < -0.39 is 0 Å². The van der Waals surface area contributed by atoms with E-state index in [1.54, 1.807) is 0 Å². The van der Waals surface area contributed by atoms with Gasteiger partial charge in [0.2, 0.25) is 0 Å². The third-order valence-corrected chi connectivity index (χ3v) is 3.93. The van der Waals surface area contributed by atoms with E-state index in [0.717, 1.165) is 25.5 Å². The van der Waals surface area contributed by atoms with Gasteiger partial charge in [-0.15, -0.1) is 11.3 Å². The molecule has 0 aliphatic heterocycles. The van der Waals surface area contributed by atoms with Crippen molar-refractivity contribution in [1.82, 2.24) is 0 Å². The van der Waals surface area contributed by atoms with Gasteiger partial charge in [-0.2, -0.15) is 0 Å². The van der Waals surface area contributed by atoms with Crippen LogP contribution in [-0.4, -0.2) is 0 Å². The minimum Gasteiger partial charge on any atom is -0.205 e. The molecule has 2 rings (SSSR count). The molecule has 0 N–H and O–H groups in total. The number of rotatable bonds is 1. The molecule has 0 aliphatic carbocycles. The van der Waals surface area contributed by atoms with Crippen LogP contribution in [0.15, 0.2) is 22.0 Å². The molecule has 0 saturated heterocycles. The van der Waals surface area contributed by atoms with Crippen LogP contribution in [0.1, 0.15) is 5.56 Å². The van der Waals surface area contributed by atoms with Crippen LogP contribution < -0.4 is 0 Å². The van der Waals surface area contributed by atoms with Gasteiger partial charge in [-0.05, 0) is 23.1 Å². The van der Waals surface area contributed by atoms with Crippen LogP contribution >= 0.6 is 43.2 Å². The molecule has 0 saturated carbocycles. The smallest absolute Gasteiger partial charge is 0.142 e. The Labute approximate surface area is 96.0 Å². The highest BCUT2D eigenvalue weighted by atomic mass is 79.9. The first-order valence-corrected chi connectivity index (χ1v) is 6.43. The molecule has 13 heavy (non-hydrogen) atoms. The van der Waals surface area contributed by atoms with Gasteiger partial charge in [0, 0.05) is 15.2 Å². The maximum absolute atomic E-state index is 13.4. The lowest BCUT2D eigenvalue weighted by molar-refractivity contribution is 0.641. The average Bonchev–Trinajstić information content (AvgIpc) is 2.47. The van der Waals surface area contributed by atoms with Crippen LogP contribution in [0.25, 0.3) is 10.1 Å². The summed E-state index contributed by atoms with van der Waals surface area (Å²) >= 11 is 8.10. The Kier molecular flexibility index (Phi) is 2.72. The van der Waals surface area contributed by atoms with E-state index in [2.05, 4.69) is 31.9 Å². The van der Waals surface area contributed by atoms with Crippen molar-refractivity contribution in [2.75, 3.05) is 0 Å². The van der Waals surface area contributed by atoms with E-state index in [1.807, 2.05) is 11.4 Å². The zero-order valence-electron chi connectivity index (χ0n) is 6.48. The number of thiophene rings is 1. The molecule has 0 atom stereocenters. The van der Waals surface area contributed by atoms with E-state index in [0.29, 0.717) is 0 Å². The summed E-state index contributed by atoms with van der Waals surface area (Å²) in [4.78, 5) is 0. The fourth-order valence-electron chi connectivity index (χ4n) is 1.22. The number of benzene rings is 1. The fraction of sp³-hybridized carbons (Fsp3) is 0.111. The van der Waals surface area contributed by atoms with Crippen LogP contribution in [-0.2, 0) is 5.33 Å². The summed E-state index contributed by atoms with van der Waals surface area (Å²) in [7, 11) is 0. The Balaban J connectivity index is 2.82. The standard InChI is InChI=1S/C9H5Br2FS/c10-3-5-4-13-9-7(5)1-6(11)2-8(9)12/h1-2,4H,3H2. The number of halogens is 3. The number of hydrogen-bond donors (Lipinski definition) is 0. The Bertz CT molecular complexity index is 450. The van der Waals surface area contributed by atoms with E-state index >= 15 is 0 Å². The van der Waals surface area contributed by atoms with Gasteiger partial charge in [0.1, 0.15) is 5.82 Å². The van der Waals surface area contributed by atoms with Gasteiger partial charge in [0.15, 0.2) is 0 Å². The van der Waals surface area contributed by atoms with Crippen molar-refractivity contribution >= 4 is 53.3 Å². The molecule has 2 aromatic rings. The molecule has 0 amide bonds. The minimum atomic E-state index is -0.151. The molecule has 0 fully saturated rings. The van der Waals surface area contributed by atoms with Crippen molar-refractivity contribution < 1.29 is 4.39 Å². The molecule has 68 valence electrons. The summed E-state index contributed by atoms with van der Waals surface area (Å²) in [5.41, 5.74) is 1.14. The normalized spacial score (nSPS) is 11.0. The molecule has 1 heterocycles. The van der Waals surface area contributed by atoms with Gasteiger partial charge in [-0.3, -0.25) is 0 Å². The minimum absolute atomic E-state index is 0.151. The number of hydrogen-bond acceptors (Lipinski definition) is 1. The molecule has 1 aromatic heterocycles. The van der Waals surface area contributed by atoms with Gasteiger partial charge in [-0.1, -0.05) is 31.9 Å². The summed E-state index contributed by atoms with van der Waals surface area (Å²) in [5, 5.41) is 3.74. The predicted octanol–water partition coefficient (Wildman–Crippen LogP) is 4.70. The summed E-state index contributed by atoms with van der Waals surface area (Å²) in [6, 6.07) is 3.45. The lowest BCUT2D eigenvalue weighted by Gasteiger charge is -1.96. The summed E-state index contributed by atoms with van der Waals surface area (Å²) in [6.45, 7) is 0. The molecule has 0 aliphatic rings. The molecule has 0 radical (unpaired) electrons. The first-order chi connectivity index (χ1) is 6.22. The maximum atomic E-state index is 13.4. The largest absolute Gasteiger partial charge is 0.205 e.